The summed E-state index contributed by atoms with van der Waals surface area (Å²) in [6.07, 6.45) is 0. The lowest BCUT2D eigenvalue weighted by Crippen LogP contribution is -2.45. The molecular weight excluding hydrogens is 457 g/mol. The van der Waals surface area contributed by atoms with Gasteiger partial charge in [0, 0.05) is 36.6 Å². The number of hydrogen-bond acceptors (Lipinski definition) is 4. The van der Waals surface area contributed by atoms with Crippen LogP contribution in [-0.2, 0) is 0 Å². The van der Waals surface area contributed by atoms with Crippen molar-refractivity contribution in [2.45, 2.75) is 52.7 Å². The van der Waals surface area contributed by atoms with Crippen LogP contribution in [-0.4, -0.2) is 68.1 Å². The van der Waals surface area contributed by atoms with Crippen molar-refractivity contribution in [1.82, 2.24) is 20.4 Å². The molecule has 152 valence electrons. The monoisotopic (exact) mass is 495 g/mol. The Hall–Kier alpha value is -0.380. The summed E-state index contributed by atoms with van der Waals surface area (Å²) in [6, 6.07) is 5.72. The van der Waals surface area contributed by atoms with Crippen LogP contribution in [0.15, 0.2) is 22.5 Å². The number of nitrogens with one attached hydrogen (secondary N) is 2. The van der Waals surface area contributed by atoms with E-state index in [9.17, 15) is 0 Å². The Morgan fingerprint density at radius 3 is 2.27 bits per heavy atom. The van der Waals surface area contributed by atoms with Crippen LogP contribution < -0.4 is 10.6 Å². The van der Waals surface area contributed by atoms with Gasteiger partial charge in [0.05, 0.1) is 12.6 Å². The topological polar surface area (TPSA) is 42.9 Å². The highest BCUT2D eigenvalue weighted by molar-refractivity contribution is 14.0. The lowest BCUT2D eigenvalue weighted by molar-refractivity contribution is 0.178. The molecule has 0 radical (unpaired) electrons. The van der Waals surface area contributed by atoms with Crippen LogP contribution in [0, 0.1) is 0 Å². The van der Waals surface area contributed by atoms with Crippen LogP contribution in [0.5, 0.6) is 0 Å². The first-order chi connectivity index (χ1) is 11.9. The van der Waals surface area contributed by atoms with Crippen molar-refractivity contribution < 1.29 is 0 Å². The third-order valence-electron chi connectivity index (χ3n) is 4.25. The highest BCUT2D eigenvalue weighted by Crippen LogP contribution is 2.23. The summed E-state index contributed by atoms with van der Waals surface area (Å²) in [6.45, 7) is 14.6. The lowest BCUT2D eigenvalue weighted by atomic mass is 10.2. The van der Waals surface area contributed by atoms with Gasteiger partial charge in [-0.15, -0.1) is 35.3 Å². The molecule has 0 bridgehead atoms. The molecular formula is C19H38IN5S. The van der Waals surface area contributed by atoms with Crippen LogP contribution >= 0.6 is 35.3 Å². The van der Waals surface area contributed by atoms with Gasteiger partial charge in [-0.3, -0.25) is 9.89 Å². The standard InChI is InChI=1S/C19H37N5S.HI/c1-8-20-19(21-11-12-24(15(2)3)16(4)5)22-14-17(23(6)7)18-10-9-13-25-18;/h9-10,13,15-17H,8,11-12,14H2,1-7H3,(H2,20,21,22);1H. The summed E-state index contributed by atoms with van der Waals surface area (Å²) in [4.78, 5) is 10.9. The Morgan fingerprint density at radius 1 is 1.15 bits per heavy atom. The van der Waals surface area contributed by atoms with E-state index >= 15 is 0 Å². The van der Waals surface area contributed by atoms with Crippen molar-refractivity contribution in [2.75, 3.05) is 40.3 Å². The van der Waals surface area contributed by atoms with E-state index in [1.54, 1.807) is 11.3 Å². The first kappa shape index (κ1) is 25.6. The highest BCUT2D eigenvalue weighted by Gasteiger charge is 2.15. The molecule has 1 aromatic heterocycles. The van der Waals surface area contributed by atoms with E-state index in [1.807, 2.05) is 0 Å². The fourth-order valence-electron chi connectivity index (χ4n) is 2.92. The number of rotatable bonds is 10. The summed E-state index contributed by atoms with van der Waals surface area (Å²) in [5, 5.41) is 8.97. The van der Waals surface area contributed by atoms with Gasteiger partial charge in [-0.2, -0.15) is 0 Å². The average molecular weight is 496 g/mol. The molecule has 1 atom stereocenters. The third kappa shape index (κ3) is 9.01. The molecule has 0 fully saturated rings. The van der Waals surface area contributed by atoms with Crippen LogP contribution in [0.4, 0.5) is 0 Å². The number of aliphatic imine (C=N–C) groups is 1. The maximum atomic E-state index is 4.82. The molecule has 0 spiro atoms. The van der Waals surface area contributed by atoms with E-state index in [-0.39, 0.29) is 24.0 Å². The summed E-state index contributed by atoms with van der Waals surface area (Å²) >= 11 is 1.79. The molecule has 5 nitrogen and oxygen atoms in total. The molecule has 26 heavy (non-hydrogen) atoms. The van der Waals surface area contributed by atoms with Crippen molar-refractivity contribution >= 4 is 41.3 Å². The molecule has 0 saturated carbocycles. The predicted octanol–water partition coefficient (Wildman–Crippen LogP) is 3.64. The first-order valence-electron chi connectivity index (χ1n) is 9.34. The highest BCUT2D eigenvalue weighted by atomic mass is 127. The first-order valence-corrected chi connectivity index (χ1v) is 10.2. The predicted molar refractivity (Wildman–Crippen MR) is 127 cm³/mol. The zero-order valence-corrected chi connectivity index (χ0v) is 20.6. The number of likely N-dealkylation sites (N-methyl/N-ethyl adjacent to an activating group) is 1. The Kier molecular flexibility index (Phi) is 13.5. The molecule has 0 aliphatic heterocycles. The number of nitrogens with zero attached hydrogens (tertiary/aromatic N) is 3. The lowest BCUT2D eigenvalue weighted by Gasteiger charge is -2.30. The number of halogens is 1. The van der Waals surface area contributed by atoms with Gasteiger partial charge in [-0.25, -0.2) is 0 Å². The van der Waals surface area contributed by atoms with Gasteiger partial charge in [0.1, 0.15) is 0 Å². The second-order valence-corrected chi connectivity index (χ2v) is 8.05. The molecule has 1 heterocycles. The van der Waals surface area contributed by atoms with Crippen molar-refractivity contribution in [2.24, 2.45) is 4.99 Å². The van der Waals surface area contributed by atoms with E-state index in [0.717, 1.165) is 32.1 Å². The molecule has 0 aromatic carbocycles. The van der Waals surface area contributed by atoms with Crippen LogP contribution in [0.3, 0.4) is 0 Å². The van der Waals surface area contributed by atoms with Crippen LogP contribution in [0.2, 0.25) is 0 Å². The summed E-state index contributed by atoms with van der Waals surface area (Å²) in [7, 11) is 4.23. The molecule has 0 amide bonds. The van der Waals surface area contributed by atoms with Crippen LogP contribution in [0.25, 0.3) is 0 Å². The van der Waals surface area contributed by atoms with Gasteiger partial charge >= 0.3 is 0 Å². The molecule has 1 aromatic rings. The van der Waals surface area contributed by atoms with E-state index in [2.05, 4.69) is 86.7 Å². The molecule has 0 aliphatic carbocycles. The van der Waals surface area contributed by atoms with Gasteiger partial charge in [0.15, 0.2) is 5.96 Å². The number of guanidine groups is 1. The minimum Gasteiger partial charge on any atom is -0.357 e. The Balaban J connectivity index is 0.00000625. The van der Waals surface area contributed by atoms with E-state index in [0.29, 0.717) is 18.1 Å². The van der Waals surface area contributed by atoms with Gasteiger partial charge in [0.2, 0.25) is 0 Å². The van der Waals surface area contributed by atoms with Gasteiger partial charge in [-0.05, 0) is 60.2 Å². The molecule has 1 unspecified atom stereocenters. The van der Waals surface area contributed by atoms with Gasteiger partial charge < -0.3 is 15.5 Å². The van der Waals surface area contributed by atoms with Crippen molar-refractivity contribution in [3.8, 4) is 0 Å². The fraction of sp³-hybridized carbons (Fsp3) is 0.737. The van der Waals surface area contributed by atoms with Crippen LogP contribution in [0.1, 0.15) is 45.5 Å². The fourth-order valence-corrected chi connectivity index (χ4v) is 3.84. The SMILES string of the molecule is CCNC(=NCC(c1cccs1)N(C)C)NCCN(C(C)C)C(C)C.I. The largest absolute Gasteiger partial charge is 0.357 e. The molecule has 1 rings (SSSR count). The minimum absolute atomic E-state index is 0. The van der Waals surface area contributed by atoms with Gasteiger partial charge in [0.25, 0.3) is 0 Å². The maximum absolute atomic E-state index is 4.82. The normalized spacial score (nSPS) is 13.4. The van der Waals surface area contributed by atoms with E-state index in [4.69, 9.17) is 4.99 Å². The Morgan fingerprint density at radius 2 is 1.81 bits per heavy atom. The summed E-state index contributed by atoms with van der Waals surface area (Å²) < 4.78 is 0. The molecule has 7 heteroatoms. The maximum Gasteiger partial charge on any atom is 0.191 e. The summed E-state index contributed by atoms with van der Waals surface area (Å²) in [5.74, 6) is 0.901. The Labute approximate surface area is 181 Å². The molecule has 2 N–H and O–H groups in total. The van der Waals surface area contributed by atoms with Crippen molar-refractivity contribution in [1.29, 1.82) is 0 Å². The quantitative estimate of drug-likeness (QED) is 0.296. The zero-order valence-electron chi connectivity index (χ0n) is 17.5. The molecule has 0 aliphatic rings. The molecule has 0 saturated heterocycles. The van der Waals surface area contributed by atoms with Crippen molar-refractivity contribution in [3.05, 3.63) is 22.4 Å². The number of thiophene rings is 1. The third-order valence-corrected chi connectivity index (χ3v) is 5.22. The number of hydrogen-bond donors (Lipinski definition) is 2. The smallest absolute Gasteiger partial charge is 0.191 e. The summed E-state index contributed by atoms with van der Waals surface area (Å²) in [5.41, 5.74) is 0. The van der Waals surface area contributed by atoms with Gasteiger partial charge in [-0.1, -0.05) is 6.07 Å². The van der Waals surface area contributed by atoms with E-state index < -0.39 is 0 Å². The Bertz CT molecular complexity index is 480. The second kappa shape index (κ2) is 13.7. The van der Waals surface area contributed by atoms with Crippen molar-refractivity contribution in [3.63, 3.8) is 0 Å². The average Bonchev–Trinajstić information content (AvgIpc) is 3.04. The second-order valence-electron chi connectivity index (χ2n) is 7.07. The zero-order chi connectivity index (χ0) is 18.8. The van der Waals surface area contributed by atoms with E-state index in [1.165, 1.54) is 4.88 Å². The minimum atomic E-state index is 0.